The molecule has 0 aromatic rings. The van der Waals surface area contributed by atoms with Crippen molar-refractivity contribution in [2.24, 2.45) is 0 Å². The average Bonchev–Trinajstić information content (AvgIpc) is 2.73. The van der Waals surface area contributed by atoms with E-state index in [-0.39, 0.29) is 6.04 Å². The Bertz CT molecular complexity index is 337. The molecule has 0 radical (unpaired) electrons. The number of hydrogen-bond donors (Lipinski definition) is 1. The Balaban J connectivity index is 4.01. The Morgan fingerprint density at radius 1 is 0.600 bits per heavy atom. The van der Waals surface area contributed by atoms with Crippen molar-refractivity contribution >= 4 is 5.97 Å². The quantitative estimate of drug-likeness (QED) is 0.157. The summed E-state index contributed by atoms with van der Waals surface area (Å²) in [7, 11) is 0. The molecule has 0 saturated heterocycles. The van der Waals surface area contributed by atoms with E-state index in [1.807, 2.05) is 0 Å². The van der Waals surface area contributed by atoms with Gasteiger partial charge < -0.3 is 5.11 Å². The number of carboxylic acid groups (broad SMARTS) is 1. The topological polar surface area (TPSA) is 40.5 Å². The van der Waals surface area contributed by atoms with E-state index in [9.17, 15) is 9.90 Å². The maximum atomic E-state index is 11.3. The van der Waals surface area contributed by atoms with Gasteiger partial charge in [-0.05, 0) is 32.4 Å². The van der Waals surface area contributed by atoms with Crippen LogP contribution in [0.1, 0.15) is 149 Å². The van der Waals surface area contributed by atoms with Gasteiger partial charge in [0.15, 0.2) is 0 Å². The molecule has 0 aliphatic heterocycles. The summed E-state index contributed by atoms with van der Waals surface area (Å²) in [5.74, 6) is -0.647. The van der Waals surface area contributed by atoms with E-state index in [1.54, 1.807) is 0 Å². The lowest BCUT2D eigenvalue weighted by Crippen LogP contribution is -2.38. The first-order valence-electron chi connectivity index (χ1n) is 13.6. The number of nitrogens with zero attached hydrogens (tertiary/aromatic N) is 1. The molecule has 0 aliphatic rings. The number of hydrogen-bond acceptors (Lipinski definition) is 2. The maximum absolute atomic E-state index is 11.3. The molecule has 0 aliphatic carbocycles. The van der Waals surface area contributed by atoms with Crippen LogP contribution in [-0.4, -0.2) is 35.1 Å². The third-order valence-corrected chi connectivity index (χ3v) is 6.50. The molecule has 0 saturated carbocycles. The summed E-state index contributed by atoms with van der Waals surface area (Å²) in [6.45, 7) is 8.85. The van der Waals surface area contributed by atoms with E-state index < -0.39 is 5.97 Å². The summed E-state index contributed by atoms with van der Waals surface area (Å²) >= 11 is 0. The van der Waals surface area contributed by atoms with Gasteiger partial charge in [-0.1, -0.05) is 124 Å². The van der Waals surface area contributed by atoms with Crippen molar-refractivity contribution in [1.82, 2.24) is 4.90 Å². The summed E-state index contributed by atoms with van der Waals surface area (Å²) in [6.07, 6.45) is 25.5. The Kier molecular flexibility index (Phi) is 22.7. The number of carboxylic acids is 1. The molecule has 1 atom stereocenters. The minimum atomic E-state index is -0.647. The molecule has 0 fully saturated rings. The van der Waals surface area contributed by atoms with E-state index in [2.05, 4.69) is 25.7 Å². The zero-order valence-corrected chi connectivity index (χ0v) is 20.9. The van der Waals surface area contributed by atoms with Gasteiger partial charge in [0.25, 0.3) is 0 Å². The fourth-order valence-electron chi connectivity index (χ4n) is 4.46. The van der Waals surface area contributed by atoms with Crippen molar-refractivity contribution in [1.29, 1.82) is 0 Å². The minimum Gasteiger partial charge on any atom is -0.481 e. The molecule has 0 aromatic carbocycles. The van der Waals surface area contributed by atoms with Gasteiger partial charge in [0.05, 0.1) is 6.42 Å². The van der Waals surface area contributed by atoms with Crippen molar-refractivity contribution < 1.29 is 9.90 Å². The van der Waals surface area contributed by atoms with Crippen LogP contribution in [0.3, 0.4) is 0 Å². The highest BCUT2D eigenvalue weighted by Crippen LogP contribution is 2.16. The highest BCUT2D eigenvalue weighted by atomic mass is 16.4. The molecule has 3 nitrogen and oxygen atoms in total. The van der Waals surface area contributed by atoms with Crippen molar-refractivity contribution in [3.8, 4) is 0 Å². The van der Waals surface area contributed by atoms with Crippen LogP contribution in [0.25, 0.3) is 0 Å². The molecule has 0 heterocycles. The van der Waals surface area contributed by atoms with Crippen LogP contribution in [-0.2, 0) is 4.79 Å². The fourth-order valence-corrected chi connectivity index (χ4v) is 4.46. The third kappa shape index (κ3) is 19.4. The van der Waals surface area contributed by atoms with Crippen LogP contribution in [0.5, 0.6) is 0 Å². The highest BCUT2D eigenvalue weighted by molar-refractivity contribution is 5.67. The molecule has 0 rings (SSSR count). The van der Waals surface area contributed by atoms with E-state index in [1.165, 1.54) is 116 Å². The van der Waals surface area contributed by atoms with Crippen LogP contribution in [0.2, 0.25) is 0 Å². The summed E-state index contributed by atoms with van der Waals surface area (Å²) in [4.78, 5) is 13.8. The van der Waals surface area contributed by atoms with Gasteiger partial charge in [0, 0.05) is 6.04 Å². The first-order valence-corrected chi connectivity index (χ1v) is 13.6. The lowest BCUT2D eigenvalue weighted by Gasteiger charge is -2.30. The normalized spacial score (nSPS) is 12.5. The monoisotopic (exact) mass is 425 g/mol. The smallest absolute Gasteiger partial charge is 0.304 e. The lowest BCUT2D eigenvalue weighted by molar-refractivity contribution is -0.138. The standard InChI is InChI=1S/C27H55NO2/c1-4-7-9-11-13-15-17-19-21-23-28(26(6-3)25-27(29)30)24-22-20-18-16-14-12-10-8-5-2/h26H,4-25H2,1-3H3,(H,29,30). The zero-order chi connectivity index (χ0) is 22.3. The molecular formula is C27H55NO2. The zero-order valence-electron chi connectivity index (χ0n) is 20.9. The molecular weight excluding hydrogens is 370 g/mol. The minimum absolute atomic E-state index is 0.214. The van der Waals surface area contributed by atoms with Gasteiger partial charge in [-0.2, -0.15) is 0 Å². The number of aliphatic carboxylic acids is 1. The van der Waals surface area contributed by atoms with E-state index >= 15 is 0 Å². The first-order chi connectivity index (χ1) is 14.7. The largest absolute Gasteiger partial charge is 0.481 e. The van der Waals surface area contributed by atoms with Crippen molar-refractivity contribution in [2.75, 3.05) is 13.1 Å². The number of unbranched alkanes of at least 4 members (excludes halogenated alkanes) is 16. The molecule has 1 unspecified atom stereocenters. The predicted octanol–water partition coefficient (Wildman–Crippen LogP) is 8.60. The van der Waals surface area contributed by atoms with E-state index in [0.29, 0.717) is 6.42 Å². The Labute approximate surface area is 189 Å². The third-order valence-electron chi connectivity index (χ3n) is 6.50. The van der Waals surface area contributed by atoms with Crippen LogP contribution >= 0.6 is 0 Å². The van der Waals surface area contributed by atoms with Gasteiger partial charge in [0.2, 0.25) is 0 Å². The van der Waals surface area contributed by atoms with Crippen LogP contribution in [0, 0.1) is 0 Å². The molecule has 0 spiro atoms. The molecule has 30 heavy (non-hydrogen) atoms. The van der Waals surface area contributed by atoms with Gasteiger partial charge in [-0.15, -0.1) is 0 Å². The first kappa shape index (κ1) is 29.4. The molecule has 180 valence electrons. The van der Waals surface area contributed by atoms with Crippen molar-refractivity contribution in [3.05, 3.63) is 0 Å². The summed E-state index contributed by atoms with van der Waals surface area (Å²) in [5, 5.41) is 9.30. The predicted molar refractivity (Wildman–Crippen MR) is 132 cm³/mol. The molecule has 0 amide bonds. The van der Waals surface area contributed by atoms with Gasteiger partial charge >= 0.3 is 5.97 Å². The second-order valence-electron chi connectivity index (χ2n) is 9.35. The molecule has 0 bridgehead atoms. The Hall–Kier alpha value is -0.570. The SMILES string of the molecule is CCCCCCCCCCCN(CCCCCCCCCCC)C(CC)CC(=O)O. The second kappa shape index (κ2) is 23.1. The lowest BCUT2D eigenvalue weighted by atomic mass is 10.0. The van der Waals surface area contributed by atoms with Crippen molar-refractivity contribution in [2.45, 2.75) is 155 Å². The highest BCUT2D eigenvalue weighted by Gasteiger charge is 2.19. The Morgan fingerprint density at radius 3 is 1.23 bits per heavy atom. The van der Waals surface area contributed by atoms with Crippen LogP contribution in [0.4, 0.5) is 0 Å². The van der Waals surface area contributed by atoms with E-state index in [0.717, 1.165) is 19.5 Å². The van der Waals surface area contributed by atoms with Gasteiger partial charge in [-0.25, -0.2) is 0 Å². The summed E-state index contributed by atoms with van der Waals surface area (Å²) in [5.41, 5.74) is 0. The fraction of sp³-hybridized carbons (Fsp3) is 0.963. The number of rotatable bonds is 24. The second-order valence-corrected chi connectivity index (χ2v) is 9.35. The molecule has 1 N–H and O–H groups in total. The van der Waals surface area contributed by atoms with E-state index in [4.69, 9.17) is 0 Å². The molecule has 0 aromatic heterocycles. The van der Waals surface area contributed by atoms with Crippen molar-refractivity contribution in [3.63, 3.8) is 0 Å². The van der Waals surface area contributed by atoms with Gasteiger partial charge in [0.1, 0.15) is 0 Å². The summed E-state index contributed by atoms with van der Waals surface area (Å²) < 4.78 is 0. The summed E-state index contributed by atoms with van der Waals surface area (Å²) in [6, 6.07) is 0.214. The number of carbonyl (C=O) groups is 1. The average molecular weight is 426 g/mol. The Morgan fingerprint density at radius 2 is 0.933 bits per heavy atom. The van der Waals surface area contributed by atoms with Crippen LogP contribution < -0.4 is 0 Å². The van der Waals surface area contributed by atoms with Crippen LogP contribution in [0.15, 0.2) is 0 Å². The maximum Gasteiger partial charge on any atom is 0.304 e. The van der Waals surface area contributed by atoms with Gasteiger partial charge in [-0.3, -0.25) is 9.69 Å². The molecule has 3 heteroatoms.